The topological polar surface area (TPSA) is 52.7 Å². The van der Waals surface area contributed by atoms with E-state index in [0.29, 0.717) is 25.1 Å². The standard InChI is InChI=1S/C18H22F3N3O2/c1-23-8-7-17(11-23)12-24(16(26)13-5-3-2-4-6-13)9-14(17)15(25)22-10-18(19,20)21/h2-6,14H,7-12H2,1H3,(H,22,25)/t14-,17+/m0/s1. The van der Waals surface area contributed by atoms with E-state index in [-0.39, 0.29) is 12.5 Å². The van der Waals surface area contributed by atoms with Crippen molar-refractivity contribution in [2.24, 2.45) is 11.3 Å². The van der Waals surface area contributed by atoms with Gasteiger partial charge in [-0.05, 0) is 32.1 Å². The summed E-state index contributed by atoms with van der Waals surface area (Å²) in [5, 5.41) is 2.01. The lowest BCUT2D eigenvalue weighted by Gasteiger charge is -2.29. The van der Waals surface area contributed by atoms with Crippen molar-refractivity contribution >= 4 is 11.8 Å². The molecule has 1 aromatic carbocycles. The third-order valence-corrected chi connectivity index (χ3v) is 5.31. The molecule has 1 spiro atoms. The molecule has 2 aliphatic heterocycles. The Kier molecular flexibility index (Phi) is 4.96. The fraction of sp³-hybridized carbons (Fsp3) is 0.556. The molecule has 2 amide bonds. The summed E-state index contributed by atoms with van der Waals surface area (Å²) < 4.78 is 37.4. The molecule has 0 aliphatic carbocycles. The van der Waals surface area contributed by atoms with Gasteiger partial charge in [0.05, 0.1) is 5.92 Å². The maximum absolute atomic E-state index is 12.8. The molecule has 2 fully saturated rings. The number of carbonyl (C=O) groups excluding carboxylic acids is 2. The number of nitrogens with zero attached hydrogens (tertiary/aromatic N) is 2. The molecule has 5 nitrogen and oxygen atoms in total. The van der Waals surface area contributed by atoms with Gasteiger partial charge in [0.2, 0.25) is 5.91 Å². The van der Waals surface area contributed by atoms with Crippen molar-refractivity contribution in [2.45, 2.75) is 12.6 Å². The van der Waals surface area contributed by atoms with Crippen LogP contribution in [0.5, 0.6) is 0 Å². The summed E-state index contributed by atoms with van der Waals surface area (Å²) in [6.45, 7) is 0.535. The molecular formula is C18H22F3N3O2. The molecule has 1 aromatic rings. The smallest absolute Gasteiger partial charge is 0.347 e. The Hall–Kier alpha value is -2.09. The number of rotatable bonds is 3. The predicted molar refractivity (Wildman–Crippen MR) is 89.4 cm³/mol. The van der Waals surface area contributed by atoms with Gasteiger partial charge in [-0.1, -0.05) is 18.2 Å². The highest BCUT2D eigenvalue weighted by Gasteiger charge is 2.54. The average molecular weight is 369 g/mol. The van der Waals surface area contributed by atoms with Crippen LogP contribution < -0.4 is 5.32 Å². The number of amides is 2. The Bertz CT molecular complexity index is 680. The van der Waals surface area contributed by atoms with Gasteiger partial charge in [-0.15, -0.1) is 0 Å². The third kappa shape index (κ3) is 3.85. The molecule has 0 aromatic heterocycles. The van der Waals surface area contributed by atoms with Crippen LogP contribution in [0.1, 0.15) is 16.8 Å². The van der Waals surface area contributed by atoms with E-state index in [1.807, 2.05) is 18.4 Å². The predicted octanol–water partition coefficient (Wildman–Crippen LogP) is 1.76. The molecule has 0 radical (unpaired) electrons. The van der Waals surface area contributed by atoms with Gasteiger partial charge in [-0.25, -0.2) is 0 Å². The largest absolute Gasteiger partial charge is 0.405 e. The minimum atomic E-state index is -4.45. The maximum atomic E-state index is 12.8. The Morgan fingerprint density at radius 2 is 1.92 bits per heavy atom. The second kappa shape index (κ2) is 6.90. The van der Waals surface area contributed by atoms with E-state index in [2.05, 4.69) is 4.90 Å². The number of alkyl halides is 3. The SMILES string of the molecule is CN1CC[C@@]2(C1)CN(C(=O)c1ccccc1)C[C@H]2C(=O)NCC(F)(F)F. The first-order valence-electron chi connectivity index (χ1n) is 8.57. The lowest BCUT2D eigenvalue weighted by atomic mass is 9.77. The monoisotopic (exact) mass is 369 g/mol. The van der Waals surface area contributed by atoms with Crippen LogP contribution in [0.3, 0.4) is 0 Å². The van der Waals surface area contributed by atoms with E-state index >= 15 is 0 Å². The molecule has 1 N–H and O–H groups in total. The fourth-order valence-electron chi connectivity index (χ4n) is 4.08. The van der Waals surface area contributed by atoms with E-state index in [9.17, 15) is 22.8 Å². The van der Waals surface area contributed by atoms with Crippen LogP contribution in [0, 0.1) is 11.3 Å². The van der Waals surface area contributed by atoms with Crippen LogP contribution in [0.4, 0.5) is 13.2 Å². The van der Waals surface area contributed by atoms with Gasteiger partial charge in [-0.3, -0.25) is 9.59 Å². The van der Waals surface area contributed by atoms with Gasteiger partial charge in [0, 0.05) is 30.6 Å². The summed E-state index contributed by atoms with van der Waals surface area (Å²) in [4.78, 5) is 28.9. The van der Waals surface area contributed by atoms with Crippen molar-refractivity contribution in [3.63, 3.8) is 0 Å². The van der Waals surface area contributed by atoms with Crippen molar-refractivity contribution in [1.82, 2.24) is 15.1 Å². The molecular weight excluding hydrogens is 347 g/mol. The molecule has 2 saturated heterocycles. The van der Waals surface area contributed by atoms with Gasteiger partial charge >= 0.3 is 6.18 Å². The van der Waals surface area contributed by atoms with Crippen molar-refractivity contribution in [3.05, 3.63) is 35.9 Å². The second-order valence-corrected chi connectivity index (χ2v) is 7.29. The number of nitrogens with one attached hydrogen (secondary N) is 1. The van der Waals surface area contributed by atoms with Crippen molar-refractivity contribution < 1.29 is 22.8 Å². The number of halogens is 3. The molecule has 0 bridgehead atoms. The minimum Gasteiger partial charge on any atom is -0.347 e. The molecule has 2 atom stereocenters. The number of hydrogen-bond donors (Lipinski definition) is 1. The summed E-state index contributed by atoms with van der Waals surface area (Å²) in [6, 6.07) is 8.73. The summed E-state index contributed by atoms with van der Waals surface area (Å²) in [5.74, 6) is -1.45. The van der Waals surface area contributed by atoms with Gasteiger partial charge in [0.15, 0.2) is 0 Å². The van der Waals surface area contributed by atoms with Crippen molar-refractivity contribution in [2.75, 3.05) is 39.8 Å². The van der Waals surface area contributed by atoms with E-state index in [1.165, 1.54) is 0 Å². The Morgan fingerprint density at radius 1 is 1.23 bits per heavy atom. The van der Waals surface area contributed by atoms with Crippen LogP contribution in [0.2, 0.25) is 0 Å². The van der Waals surface area contributed by atoms with Crippen LogP contribution in [-0.2, 0) is 4.79 Å². The number of carbonyl (C=O) groups is 2. The molecule has 2 heterocycles. The zero-order chi connectivity index (χ0) is 18.9. The Balaban J connectivity index is 1.78. The number of benzene rings is 1. The van der Waals surface area contributed by atoms with Gasteiger partial charge in [0.1, 0.15) is 6.54 Å². The van der Waals surface area contributed by atoms with E-state index in [0.717, 1.165) is 6.54 Å². The van der Waals surface area contributed by atoms with E-state index in [1.54, 1.807) is 29.2 Å². The highest BCUT2D eigenvalue weighted by atomic mass is 19.4. The maximum Gasteiger partial charge on any atom is 0.405 e. The second-order valence-electron chi connectivity index (χ2n) is 7.29. The van der Waals surface area contributed by atoms with Crippen molar-refractivity contribution in [1.29, 1.82) is 0 Å². The highest BCUT2D eigenvalue weighted by molar-refractivity contribution is 5.95. The summed E-state index contributed by atoms with van der Waals surface area (Å²) in [5.41, 5.74) is 0.0276. The number of hydrogen-bond acceptors (Lipinski definition) is 3. The first kappa shape index (κ1) is 18.7. The zero-order valence-corrected chi connectivity index (χ0v) is 14.6. The molecule has 142 valence electrons. The molecule has 3 rings (SSSR count). The van der Waals surface area contributed by atoms with Crippen LogP contribution in [0.15, 0.2) is 30.3 Å². The average Bonchev–Trinajstić information content (AvgIpc) is 3.15. The lowest BCUT2D eigenvalue weighted by Crippen LogP contribution is -2.45. The normalized spacial score (nSPS) is 26.5. The Morgan fingerprint density at radius 3 is 2.50 bits per heavy atom. The third-order valence-electron chi connectivity index (χ3n) is 5.31. The van der Waals surface area contributed by atoms with Gasteiger partial charge in [-0.2, -0.15) is 13.2 Å². The summed E-state index contributed by atoms with van der Waals surface area (Å²) in [6.07, 6.45) is -3.76. The molecule has 0 unspecified atom stereocenters. The Labute approximate surface area is 150 Å². The molecule has 0 saturated carbocycles. The lowest BCUT2D eigenvalue weighted by molar-refractivity contribution is -0.142. The van der Waals surface area contributed by atoms with Crippen molar-refractivity contribution in [3.8, 4) is 0 Å². The first-order chi connectivity index (χ1) is 12.2. The van der Waals surface area contributed by atoms with Gasteiger partial charge in [0.25, 0.3) is 5.91 Å². The minimum absolute atomic E-state index is 0.144. The van der Waals surface area contributed by atoms with Crippen LogP contribution >= 0.6 is 0 Å². The molecule has 8 heteroatoms. The highest BCUT2D eigenvalue weighted by Crippen LogP contribution is 2.44. The first-order valence-corrected chi connectivity index (χ1v) is 8.57. The van der Waals surface area contributed by atoms with Crippen LogP contribution in [-0.4, -0.2) is 67.6 Å². The summed E-state index contributed by atoms with van der Waals surface area (Å²) >= 11 is 0. The van der Waals surface area contributed by atoms with E-state index in [4.69, 9.17) is 0 Å². The van der Waals surface area contributed by atoms with E-state index < -0.39 is 30.0 Å². The molecule has 26 heavy (non-hydrogen) atoms. The molecule has 2 aliphatic rings. The summed E-state index contributed by atoms with van der Waals surface area (Å²) in [7, 11) is 1.92. The van der Waals surface area contributed by atoms with Gasteiger partial charge < -0.3 is 15.1 Å². The number of likely N-dealkylation sites (tertiary alicyclic amines) is 2. The quantitative estimate of drug-likeness (QED) is 0.883. The van der Waals surface area contributed by atoms with Crippen LogP contribution in [0.25, 0.3) is 0 Å². The zero-order valence-electron chi connectivity index (χ0n) is 14.6. The fourth-order valence-corrected chi connectivity index (χ4v) is 4.08.